The third-order valence-corrected chi connectivity index (χ3v) is 5.60. The molecule has 4 rings (SSSR count). The van der Waals surface area contributed by atoms with Crippen molar-refractivity contribution in [3.8, 4) is 0 Å². The quantitative estimate of drug-likeness (QED) is 0.409. The topological polar surface area (TPSA) is 116 Å². The molecule has 0 bridgehead atoms. The maximum atomic E-state index is 14.1. The van der Waals surface area contributed by atoms with Crippen molar-refractivity contribution >= 4 is 28.9 Å². The van der Waals surface area contributed by atoms with Gasteiger partial charge in [-0.05, 0) is 39.2 Å². The van der Waals surface area contributed by atoms with Crippen molar-refractivity contribution in [1.29, 1.82) is 0 Å². The van der Waals surface area contributed by atoms with Gasteiger partial charge in [0, 0.05) is 30.6 Å². The first-order valence-electron chi connectivity index (χ1n) is 10.8. The molecular formula is C22H27F2N7O2. The Labute approximate surface area is 189 Å². The number of pyridine rings is 1. The van der Waals surface area contributed by atoms with Crippen LogP contribution in [0.3, 0.4) is 0 Å². The molecule has 0 spiro atoms. The third-order valence-electron chi connectivity index (χ3n) is 5.60. The van der Waals surface area contributed by atoms with Crippen LogP contribution in [0.15, 0.2) is 36.8 Å². The number of hydrogen-bond acceptors (Lipinski definition) is 7. The van der Waals surface area contributed by atoms with Gasteiger partial charge in [-0.1, -0.05) is 0 Å². The number of aliphatic hydroxyl groups is 1. The van der Waals surface area contributed by atoms with E-state index in [2.05, 4.69) is 31.0 Å². The minimum atomic E-state index is -1.64. The zero-order valence-electron chi connectivity index (χ0n) is 18.4. The van der Waals surface area contributed by atoms with Crippen LogP contribution in [0.5, 0.6) is 0 Å². The van der Waals surface area contributed by atoms with E-state index in [4.69, 9.17) is 0 Å². The minimum absolute atomic E-state index is 0.131. The summed E-state index contributed by atoms with van der Waals surface area (Å²) in [5, 5.41) is 22.7. The van der Waals surface area contributed by atoms with Gasteiger partial charge >= 0.3 is 0 Å². The molecule has 1 saturated carbocycles. The summed E-state index contributed by atoms with van der Waals surface area (Å²) in [5.41, 5.74) is -0.274. The number of anilines is 3. The van der Waals surface area contributed by atoms with Crippen LogP contribution < -0.4 is 16.0 Å². The minimum Gasteiger partial charge on any atom is -0.387 e. The number of rotatable bonds is 8. The van der Waals surface area contributed by atoms with E-state index < -0.39 is 23.9 Å². The van der Waals surface area contributed by atoms with Crippen LogP contribution >= 0.6 is 0 Å². The van der Waals surface area contributed by atoms with Crippen LogP contribution in [0.2, 0.25) is 0 Å². The number of carbonyl (C=O) groups excluding carboxylic acids is 1. The molecule has 0 aromatic carbocycles. The average molecular weight is 460 g/mol. The lowest BCUT2D eigenvalue weighted by Crippen LogP contribution is -2.42. The van der Waals surface area contributed by atoms with E-state index >= 15 is 0 Å². The summed E-state index contributed by atoms with van der Waals surface area (Å²) in [7, 11) is 0. The summed E-state index contributed by atoms with van der Waals surface area (Å²) in [6.45, 7) is 2.32. The molecule has 33 heavy (non-hydrogen) atoms. The number of aromatic nitrogens is 4. The van der Waals surface area contributed by atoms with Crippen LogP contribution in [0.25, 0.3) is 5.65 Å². The van der Waals surface area contributed by atoms with E-state index in [1.807, 2.05) is 0 Å². The fourth-order valence-corrected chi connectivity index (χ4v) is 3.64. The van der Waals surface area contributed by atoms with Crippen molar-refractivity contribution in [3.63, 3.8) is 0 Å². The molecule has 2 unspecified atom stereocenters. The van der Waals surface area contributed by atoms with Crippen molar-refractivity contribution in [1.82, 2.24) is 24.9 Å². The Bertz CT molecular complexity index is 1130. The molecule has 3 aromatic heterocycles. The number of alkyl halides is 2. The fourth-order valence-electron chi connectivity index (χ4n) is 3.64. The van der Waals surface area contributed by atoms with E-state index in [1.54, 1.807) is 35.1 Å². The summed E-state index contributed by atoms with van der Waals surface area (Å²) in [5.74, 6) is 0.422. The lowest BCUT2D eigenvalue weighted by molar-refractivity contribution is -0.00177. The van der Waals surface area contributed by atoms with Crippen molar-refractivity contribution in [3.05, 3.63) is 42.4 Å². The summed E-state index contributed by atoms with van der Waals surface area (Å²) in [6, 6.07) is 5.01. The summed E-state index contributed by atoms with van der Waals surface area (Å²) in [6.07, 6.45) is 3.68. The summed E-state index contributed by atoms with van der Waals surface area (Å²) in [4.78, 5) is 21.5. The monoisotopic (exact) mass is 459 g/mol. The molecule has 9 nitrogen and oxygen atoms in total. The van der Waals surface area contributed by atoms with Crippen molar-refractivity contribution < 1.29 is 18.7 Å². The zero-order chi connectivity index (χ0) is 23.6. The number of nitrogens with one attached hydrogen (secondary N) is 3. The van der Waals surface area contributed by atoms with Crippen LogP contribution in [0.1, 0.15) is 43.5 Å². The van der Waals surface area contributed by atoms with Crippen molar-refractivity contribution in [2.24, 2.45) is 0 Å². The van der Waals surface area contributed by atoms with E-state index in [9.17, 15) is 18.7 Å². The number of fused-ring (bicyclic) bond motifs is 1. The molecule has 3 heterocycles. The van der Waals surface area contributed by atoms with Crippen LogP contribution in [0, 0.1) is 0 Å². The predicted molar refractivity (Wildman–Crippen MR) is 120 cm³/mol. The summed E-state index contributed by atoms with van der Waals surface area (Å²) >= 11 is 0. The van der Waals surface area contributed by atoms with Crippen LogP contribution in [-0.2, 0) is 0 Å². The first kappa shape index (κ1) is 22.8. The maximum Gasteiger partial charge on any atom is 0.255 e. The lowest BCUT2D eigenvalue weighted by atomic mass is 10.0. The van der Waals surface area contributed by atoms with Gasteiger partial charge in [0.1, 0.15) is 24.0 Å². The number of amides is 1. The van der Waals surface area contributed by atoms with Crippen molar-refractivity contribution in [2.75, 3.05) is 17.2 Å². The molecule has 1 amide bonds. The molecular weight excluding hydrogens is 432 g/mol. The first-order valence-corrected chi connectivity index (χ1v) is 10.8. The van der Waals surface area contributed by atoms with Crippen LogP contribution in [-0.4, -0.2) is 61.1 Å². The van der Waals surface area contributed by atoms with Crippen LogP contribution in [0.4, 0.5) is 26.1 Å². The second-order valence-electron chi connectivity index (χ2n) is 8.77. The highest BCUT2D eigenvalue weighted by molar-refractivity contribution is 5.99. The van der Waals surface area contributed by atoms with Gasteiger partial charge in [0.2, 0.25) is 0 Å². The molecule has 0 radical (unpaired) electrons. The SMILES string of the molecule is CC(C)(O)[C@H](F)CNC(=O)c1cnc(Nc2ccn3nccc3n2)cc1NC1CCC(F)C1. The Kier molecular flexibility index (Phi) is 6.41. The molecule has 1 fully saturated rings. The highest BCUT2D eigenvalue weighted by Crippen LogP contribution is 2.28. The molecule has 4 N–H and O–H groups in total. The number of halogens is 2. The maximum absolute atomic E-state index is 14.1. The number of nitrogens with zero attached hydrogens (tertiary/aromatic N) is 4. The molecule has 3 atom stereocenters. The molecule has 0 aliphatic heterocycles. The zero-order valence-corrected chi connectivity index (χ0v) is 18.4. The average Bonchev–Trinajstić information content (AvgIpc) is 3.39. The van der Waals surface area contributed by atoms with Gasteiger partial charge in [-0.2, -0.15) is 5.10 Å². The van der Waals surface area contributed by atoms with Gasteiger partial charge < -0.3 is 21.1 Å². The summed E-state index contributed by atoms with van der Waals surface area (Å²) < 4.78 is 29.4. The van der Waals surface area contributed by atoms with E-state index in [0.29, 0.717) is 42.2 Å². The van der Waals surface area contributed by atoms with Crippen molar-refractivity contribution in [2.45, 2.75) is 57.1 Å². The van der Waals surface area contributed by atoms with Gasteiger partial charge in [0.25, 0.3) is 5.91 Å². The van der Waals surface area contributed by atoms with Gasteiger partial charge in [0.15, 0.2) is 5.65 Å². The second-order valence-corrected chi connectivity index (χ2v) is 8.77. The second kappa shape index (κ2) is 9.26. The highest BCUT2D eigenvalue weighted by atomic mass is 19.1. The standard InChI is InChI=1S/C22H27F2N7O2/c1-22(2,33)17(24)12-26-21(32)15-11-25-19(10-16(15)28-14-4-3-13(23)9-14)29-18-6-8-31-20(30-18)5-7-27-31/h5-8,10-11,13-14,17,33H,3-4,9,12H2,1-2H3,(H,26,32)(H2,25,28,29,30)/t13?,14?,17-/m1/s1. The van der Waals surface area contributed by atoms with Gasteiger partial charge in [0.05, 0.1) is 29.6 Å². The number of hydrogen-bond donors (Lipinski definition) is 4. The van der Waals surface area contributed by atoms with E-state index in [1.165, 1.54) is 20.0 Å². The first-order chi connectivity index (χ1) is 15.7. The molecule has 0 saturated heterocycles. The Balaban J connectivity index is 1.55. The Hall–Kier alpha value is -3.34. The Morgan fingerprint density at radius 3 is 2.88 bits per heavy atom. The predicted octanol–water partition coefficient (Wildman–Crippen LogP) is 3.01. The smallest absolute Gasteiger partial charge is 0.255 e. The molecule has 1 aliphatic carbocycles. The molecule has 11 heteroatoms. The largest absolute Gasteiger partial charge is 0.387 e. The lowest BCUT2D eigenvalue weighted by Gasteiger charge is -2.23. The van der Waals surface area contributed by atoms with E-state index in [0.717, 1.165) is 0 Å². The van der Waals surface area contributed by atoms with Gasteiger partial charge in [-0.15, -0.1) is 0 Å². The normalized spacial score (nSPS) is 19.4. The molecule has 176 valence electrons. The Morgan fingerprint density at radius 2 is 2.15 bits per heavy atom. The van der Waals surface area contributed by atoms with Gasteiger partial charge in [-0.25, -0.2) is 23.3 Å². The third kappa shape index (κ3) is 5.54. The van der Waals surface area contributed by atoms with Gasteiger partial charge in [-0.3, -0.25) is 4.79 Å². The van der Waals surface area contributed by atoms with E-state index in [-0.39, 0.29) is 18.2 Å². The molecule has 1 aliphatic rings. The fraction of sp³-hybridized carbons (Fsp3) is 0.455. The highest BCUT2D eigenvalue weighted by Gasteiger charge is 2.28. The Morgan fingerprint density at radius 1 is 1.33 bits per heavy atom. The molecule has 3 aromatic rings. The number of carbonyl (C=O) groups is 1.